The molecule has 1 aromatic heterocycles. The smallest absolute Gasteiger partial charge is 0.137 e. The number of benzene rings is 1. The summed E-state index contributed by atoms with van der Waals surface area (Å²) >= 11 is 0. The van der Waals surface area contributed by atoms with Crippen molar-refractivity contribution in [2.24, 2.45) is 0 Å². The quantitative estimate of drug-likeness (QED) is 0.818. The lowest BCUT2D eigenvalue weighted by molar-refractivity contribution is 0.334. The molecule has 0 amide bonds. The second-order valence-electron chi connectivity index (χ2n) is 6.55. The van der Waals surface area contributed by atoms with Crippen LogP contribution in [0.4, 0.5) is 0 Å². The average Bonchev–Trinajstić information content (AvgIpc) is 2.82. The third-order valence-corrected chi connectivity index (χ3v) is 3.97. The van der Waals surface area contributed by atoms with Gasteiger partial charge in [0.1, 0.15) is 11.3 Å². The number of hydrogen-bond acceptors (Lipinski definition) is 2. The van der Waals surface area contributed by atoms with Gasteiger partial charge in [-0.3, -0.25) is 0 Å². The Kier molecular flexibility index (Phi) is 4.54. The highest BCUT2D eigenvalue weighted by molar-refractivity contribution is 5.81. The molecule has 0 saturated heterocycles. The van der Waals surface area contributed by atoms with Gasteiger partial charge in [-0.05, 0) is 44.9 Å². The van der Waals surface area contributed by atoms with E-state index in [1.165, 1.54) is 17.4 Å². The highest BCUT2D eigenvalue weighted by Crippen LogP contribution is 2.34. The Balaban J connectivity index is 2.20. The van der Waals surface area contributed by atoms with Crippen LogP contribution in [-0.4, -0.2) is 12.6 Å². The summed E-state index contributed by atoms with van der Waals surface area (Å²) in [6.07, 6.45) is 2.25. The normalized spacial score (nSPS) is 13.8. The molecule has 20 heavy (non-hydrogen) atoms. The minimum Gasteiger partial charge on any atom is -0.460 e. The van der Waals surface area contributed by atoms with Crippen molar-refractivity contribution < 1.29 is 4.42 Å². The molecule has 0 bridgehead atoms. The summed E-state index contributed by atoms with van der Waals surface area (Å²) < 4.78 is 6.14. The SMILES string of the molecule is CCCNC(C)CC(C)(C)c1cc2cccc(C)c2o1. The first kappa shape index (κ1) is 15.1. The molecule has 2 aromatic rings. The molecular weight excluding hydrogens is 246 g/mol. The van der Waals surface area contributed by atoms with E-state index in [0.29, 0.717) is 6.04 Å². The van der Waals surface area contributed by atoms with E-state index in [9.17, 15) is 0 Å². The Bertz CT molecular complexity index is 568. The fourth-order valence-electron chi connectivity index (χ4n) is 2.87. The Morgan fingerprint density at radius 2 is 2.05 bits per heavy atom. The maximum absolute atomic E-state index is 6.14. The van der Waals surface area contributed by atoms with Crippen molar-refractivity contribution >= 4 is 11.0 Å². The van der Waals surface area contributed by atoms with E-state index in [2.05, 4.69) is 64.2 Å². The van der Waals surface area contributed by atoms with Crippen molar-refractivity contribution in [2.45, 2.75) is 58.9 Å². The molecule has 2 rings (SSSR count). The molecule has 1 atom stereocenters. The third kappa shape index (κ3) is 3.24. The predicted octanol–water partition coefficient (Wildman–Crippen LogP) is 4.80. The van der Waals surface area contributed by atoms with Crippen molar-refractivity contribution in [3.8, 4) is 0 Å². The summed E-state index contributed by atoms with van der Waals surface area (Å²) in [6.45, 7) is 12.2. The van der Waals surface area contributed by atoms with Crippen LogP contribution in [0.15, 0.2) is 28.7 Å². The fourth-order valence-corrected chi connectivity index (χ4v) is 2.87. The standard InChI is InChI=1S/C18H27NO/c1-6-10-19-14(3)12-18(4,5)16-11-15-9-7-8-13(2)17(15)20-16/h7-9,11,14,19H,6,10,12H2,1-5H3. The second kappa shape index (κ2) is 6.01. The molecule has 1 heterocycles. The van der Waals surface area contributed by atoms with Crippen molar-refractivity contribution in [1.29, 1.82) is 0 Å². The van der Waals surface area contributed by atoms with Crippen LogP contribution in [0.3, 0.4) is 0 Å². The molecule has 0 radical (unpaired) electrons. The van der Waals surface area contributed by atoms with Gasteiger partial charge in [0.25, 0.3) is 0 Å². The summed E-state index contributed by atoms with van der Waals surface area (Å²) in [7, 11) is 0. The van der Waals surface area contributed by atoms with E-state index >= 15 is 0 Å². The van der Waals surface area contributed by atoms with Gasteiger partial charge < -0.3 is 9.73 Å². The number of rotatable bonds is 6. The van der Waals surface area contributed by atoms with Crippen molar-refractivity contribution in [1.82, 2.24) is 5.32 Å². The summed E-state index contributed by atoms with van der Waals surface area (Å²) in [5.41, 5.74) is 2.29. The topological polar surface area (TPSA) is 25.2 Å². The van der Waals surface area contributed by atoms with Crippen LogP contribution < -0.4 is 5.32 Å². The molecule has 1 aromatic carbocycles. The first-order valence-corrected chi connectivity index (χ1v) is 7.67. The fraction of sp³-hybridized carbons (Fsp3) is 0.556. The van der Waals surface area contributed by atoms with Crippen molar-refractivity contribution in [2.75, 3.05) is 6.54 Å². The monoisotopic (exact) mass is 273 g/mol. The summed E-state index contributed by atoms with van der Waals surface area (Å²) in [4.78, 5) is 0. The van der Waals surface area contributed by atoms with Crippen LogP contribution in [-0.2, 0) is 5.41 Å². The minimum absolute atomic E-state index is 0.0472. The van der Waals surface area contributed by atoms with Crippen molar-refractivity contribution in [3.63, 3.8) is 0 Å². The van der Waals surface area contributed by atoms with Gasteiger partial charge in [0.2, 0.25) is 0 Å². The lowest BCUT2D eigenvalue weighted by atomic mass is 9.83. The molecule has 0 spiro atoms. The van der Waals surface area contributed by atoms with Gasteiger partial charge in [-0.1, -0.05) is 39.0 Å². The van der Waals surface area contributed by atoms with E-state index in [-0.39, 0.29) is 5.41 Å². The van der Waals surface area contributed by atoms with E-state index in [1.807, 2.05) is 0 Å². The van der Waals surface area contributed by atoms with Crippen molar-refractivity contribution in [3.05, 3.63) is 35.6 Å². The molecule has 110 valence electrons. The highest BCUT2D eigenvalue weighted by Gasteiger charge is 2.27. The first-order chi connectivity index (χ1) is 9.44. The van der Waals surface area contributed by atoms with Gasteiger partial charge in [0, 0.05) is 16.8 Å². The Labute approximate surface area is 122 Å². The summed E-state index contributed by atoms with van der Waals surface area (Å²) in [6, 6.07) is 9.03. The van der Waals surface area contributed by atoms with Crippen LogP contribution in [0.2, 0.25) is 0 Å². The molecule has 1 unspecified atom stereocenters. The molecule has 0 aliphatic carbocycles. The Morgan fingerprint density at radius 3 is 2.70 bits per heavy atom. The number of aryl methyl sites for hydroxylation is 1. The number of para-hydroxylation sites is 1. The highest BCUT2D eigenvalue weighted by atomic mass is 16.3. The van der Waals surface area contributed by atoms with Crippen LogP contribution in [0.25, 0.3) is 11.0 Å². The molecule has 0 saturated carbocycles. The van der Waals surface area contributed by atoms with E-state index in [0.717, 1.165) is 24.3 Å². The van der Waals surface area contributed by atoms with Gasteiger partial charge in [0.15, 0.2) is 0 Å². The van der Waals surface area contributed by atoms with Gasteiger partial charge >= 0.3 is 0 Å². The van der Waals surface area contributed by atoms with Crippen LogP contribution in [0.1, 0.15) is 51.9 Å². The summed E-state index contributed by atoms with van der Waals surface area (Å²) in [5.74, 6) is 1.09. The largest absolute Gasteiger partial charge is 0.460 e. The van der Waals surface area contributed by atoms with E-state index in [1.54, 1.807) is 0 Å². The first-order valence-electron chi connectivity index (χ1n) is 7.67. The number of furan rings is 1. The molecule has 2 nitrogen and oxygen atoms in total. The van der Waals surface area contributed by atoms with Crippen LogP contribution >= 0.6 is 0 Å². The average molecular weight is 273 g/mol. The molecule has 1 N–H and O–H groups in total. The molecule has 0 aliphatic heterocycles. The zero-order valence-corrected chi connectivity index (χ0v) is 13.4. The van der Waals surface area contributed by atoms with Gasteiger partial charge in [-0.25, -0.2) is 0 Å². The van der Waals surface area contributed by atoms with Gasteiger partial charge in [-0.2, -0.15) is 0 Å². The maximum Gasteiger partial charge on any atom is 0.137 e. The lowest BCUT2D eigenvalue weighted by Crippen LogP contribution is -2.33. The maximum atomic E-state index is 6.14. The van der Waals surface area contributed by atoms with Gasteiger partial charge in [0.05, 0.1) is 0 Å². The molecular formula is C18H27NO. The zero-order valence-electron chi connectivity index (χ0n) is 13.4. The van der Waals surface area contributed by atoms with Crippen LogP contribution in [0, 0.1) is 6.92 Å². The molecule has 2 heteroatoms. The summed E-state index contributed by atoms with van der Waals surface area (Å²) in [5, 5.41) is 4.77. The predicted molar refractivity (Wildman–Crippen MR) is 86.3 cm³/mol. The lowest BCUT2D eigenvalue weighted by Gasteiger charge is -2.26. The Morgan fingerprint density at radius 1 is 1.30 bits per heavy atom. The minimum atomic E-state index is 0.0472. The van der Waals surface area contributed by atoms with E-state index < -0.39 is 0 Å². The van der Waals surface area contributed by atoms with E-state index in [4.69, 9.17) is 4.42 Å². The second-order valence-corrected chi connectivity index (χ2v) is 6.55. The van der Waals surface area contributed by atoms with Gasteiger partial charge in [-0.15, -0.1) is 0 Å². The number of hydrogen-bond donors (Lipinski definition) is 1. The zero-order chi connectivity index (χ0) is 14.8. The molecule has 0 fully saturated rings. The van der Waals surface area contributed by atoms with Crippen LogP contribution in [0.5, 0.6) is 0 Å². The Hall–Kier alpha value is -1.28. The third-order valence-electron chi connectivity index (χ3n) is 3.97. The number of fused-ring (bicyclic) bond motifs is 1. The number of nitrogens with one attached hydrogen (secondary N) is 1. The molecule has 0 aliphatic rings.